The zero-order valence-corrected chi connectivity index (χ0v) is 12.1. The Balaban J connectivity index is 1.79. The van der Waals surface area contributed by atoms with Crippen LogP contribution in [0, 0.1) is 17.3 Å². The van der Waals surface area contributed by atoms with Gasteiger partial charge >= 0.3 is 6.18 Å². The van der Waals surface area contributed by atoms with Crippen molar-refractivity contribution in [3.63, 3.8) is 0 Å². The van der Waals surface area contributed by atoms with Crippen LogP contribution in [0.5, 0.6) is 0 Å². The third kappa shape index (κ3) is 2.69. The average Bonchev–Trinajstić information content (AvgIpc) is 2.97. The number of benzene rings is 1. The average molecular weight is 333 g/mol. The molecule has 104 valence electrons. The van der Waals surface area contributed by atoms with Crippen LogP contribution in [0.4, 0.5) is 13.2 Å². The molecule has 1 aromatic carbocycles. The maximum atomic E-state index is 12.7. The zero-order chi connectivity index (χ0) is 13.7. The summed E-state index contributed by atoms with van der Waals surface area (Å²) in [7, 11) is 0. The van der Waals surface area contributed by atoms with Gasteiger partial charge in [0.15, 0.2) is 0 Å². The first-order chi connectivity index (χ1) is 8.92. The zero-order valence-electron chi connectivity index (χ0n) is 10.5. The second-order valence-corrected chi connectivity index (χ2v) is 6.73. The lowest BCUT2D eigenvalue weighted by molar-refractivity contribution is -0.137. The number of fused-ring (bicyclic) bond motifs is 1. The van der Waals surface area contributed by atoms with Gasteiger partial charge in [0, 0.05) is 5.33 Å². The van der Waals surface area contributed by atoms with E-state index in [1.807, 2.05) is 6.07 Å². The van der Waals surface area contributed by atoms with E-state index in [1.165, 1.54) is 31.4 Å². The molecule has 0 saturated heterocycles. The molecule has 2 saturated carbocycles. The highest BCUT2D eigenvalue weighted by Gasteiger charge is 2.53. The summed E-state index contributed by atoms with van der Waals surface area (Å²) in [4.78, 5) is 0. The summed E-state index contributed by atoms with van der Waals surface area (Å²) in [6, 6.07) is 5.81. The summed E-state index contributed by atoms with van der Waals surface area (Å²) in [6.07, 6.45) is 0.181. The molecule has 4 heteroatoms. The lowest BCUT2D eigenvalue weighted by atomic mass is 9.79. The molecule has 0 radical (unpaired) electrons. The summed E-state index contributed by atoms with van der Waals surface area (Å²) in [6.45, 7) is 0. The van der Waals surface area contributed by atoms with Crippen molar-refractivity contribution >= 4 is 15.9 Å². The Morgan fingerprint density at radius 1 is 1.21 bits per heavy atom. The van der Waals surface area contributed by atoms with Crippen molar-refractivity contribution in [2.24, 2.45) is 17.3 Å². The first-order valence-electron chi connectivity index (χ1n) is 6.64. The van der Waals surface area contributed by atoms with Crippen LogP contribution in [0.15, 0.2) is 24.3 Å². The molecule has 19 heavy (non-hydrogen) atoms. The van der Waals surface area contributed by atoms with E-state index in [2.05, 4.69) is 15.9 Å². The van der Waals surface area contributed by atoms with Crippen LogP contribution < -0.4 is 0 Å². The highest BCUT2D eigenvalue weighted by atomic mass is 79.9. The van der Waals surface area contributed by atoms with Crippen molar-refractivity contribution < 1.29 is 13.2 Å². The molecule has 0 amide bonds. The molecule has 2 aliphatic rings. The Labute approximate surface area is 119 Å². The van der Waals surface area contributed by atoms with Crippen molar-refractivity contribution in [3.8, 4) is 0 Å². The highest BCUT2D eigenvalue weighted by molar-refractivity contribution is 9.09. The molecule has 2 fully saturated rings. The van der Waals surface area contributed by atoms with Crippen LogP contribution in [0.3, 0.4) is 0 Å². The second-order valence-electron chi connectivity index (χ2n) is 6.17. The van der Waals surface area contributed by atoms with Crippen molar-refractivity contribution in [1.29, 1.82) is 0 Å². The fraction of sp³-hybridized carbons (Fsp3) is 0.600. The van der Waals surface area contributed by atoms with Gasteiger partial charge in [-0.2, -0.15) is 13.2 Å². The fourth-order valence-corrected chi connectivity index (χ4v) is 4.25. The van der Waals surface area contributed by atoms with Gasteiger partial charge in [0.2, 0.25) is 0 Å². The van der Waals surface area contributed by atoms with E-state index in [0.717, 1.165) is 35.2 Å². The van der Waals surface area contributed by atoms with E-state index in [9.17, 15) is 13.2 Å². The molecule has 0 aliphatic heterocycles. The van der Waals surface area contributed by atoms with Gasteiger partial charge in [-0.25, -0.2) is 0 Å². The van der Waals surface area contributed by atoms with E-state index >= 15 is 0 Å². The Morgan fingerprint density at radius 3 is 2.47 bits per heavy atom. The predicted molar refractivity (Wildman–Crippen MR) is 72.2 cm³/mol. The van der Waals surface area contributed by atoms with Crippen molar-refractivity contribution in [1.82, 2.24) is 0 Å². The monoisotopic (exact) mass is 332 g/mol. The second kappa shape index (κ2) is 4.51. The number of hydrogen-bond donors (Lipinski definition) is 0. The predicted octanol–water partition coefficient (Wildman–Crippen LogP) is 5.06. The summed E-state index contributed by atoms with van der Waals surface area (Å²) in [5.41, 5.74) is 0.464. The Kier molecular flexibility index (Phi) is 3.19. The lowest BCUT2D eigenvalue weighted by Gasteiger charge is -2.29. The molecule has 0 heterocycles. The van der Waals surface area contributed by atoms with Gasteiger partial charge in [-0.3, -0.25) is 0 Å². The van der Waals surface area contributed by atoms with Crippen molar-refractivity contribution in [3.05, 3.63) is 35.4 Å². The molecule has 0 aromatic heterocycles. The normalized spacial score (nSPS) is 33.3. The largest absolute Gasteiger partial charge is 0.416 e. The number of hydrogen-bond acceptors (Lipinski definition) is 0. The van der Waals surface area contributed by atoms with Crippen LogP contribution in [0.25, 0.3) is 0 Å². The summed E-state index contributed by atoms with van der Waals surface area (Å²) < 4.78 is 38.2. The SMILES string of the molecule is FC(F)(F)c1cccc(CC2(CBr)CC3CC3C2)c1. The Bertz CT molecular complexity index is 471. The summed E-state index contributed by atoms with van der Waals surface area (Å²) in [5.74, 6) is 1.67. The van der Waals surface area contributed by atoms with E-state index in [1.54, 1.807) is 0 Å². The fourth-order valence-electron chi connectivity index (χ4n) is 3.60. The van der Waals surface area contributed by atoms with Gasteiger partial charge in [-0.1, -0.05) is 34.1 Å². The van der Waals surface area contributed by atoms with E-state index in [4.69, 9.17) is 0 Å². The molecule has 2 unspecified atom stereocenters. The smallest absolute Gasteiger partial charge is 0.166 e. The van der Waals surface area contributed by atoms with E-state index in [-0.39, 0.29) is 5.41 Å². The minimum absolute atomic E-state index is 0.178. The van der Waals surface area contributed by atoms with Crippen molar-refractivity contribution in [2.45, 2.75) is 31.9 Å². The molecule has 0 bridgehead atoms. The lowest BCUT2D eigenvalue weighted by Crippen LogP contribution is -2.24. The van der Waals surface area contributed by atoms with Crippen LogP contribution in [-0.4, -0.2) is 5.33 Å². The molecule has 1 aromatic rings. The molecule has 2 atom stereocenters. The minimum Gasteiger partial charge on any atom is -0.166 e. The third-order valence-electron chi connectivity index (χ3n) is 4.58. The Hall–Kier alpha value is -0.510. The van der Waals surface area contributed by atoms with E-state index < -0.39 is 11.7 Å². The molecule has 0 spiro atoms. The first-order valence-corrected chi connectivity index (χ1v) is 7.76. The topological polar surface area (TPSA) is 0 Å². The minimum atomic E-state index is -4.24. The van der Waals surface area contributed by atoms with Gasteiger partial charge in [-0.15, -0.1) is 0 Å². The van der Waals surface area contributed by atoms with Crippen molar-refractivity contribution in [2.75, 3.05) is 5.33 Å². The van der Waals surface area contributed by atoms with E-state index in [0.29, 0.717) is 0 Å². The van der Waals surface area contributed by atoms with Gasteiger partial charge in [0.25, 0.3) is 0 Å². The number of rotatable bonds is 3. The molecule has 0 nitrogen and oxygen atoms in total. The van der Waals surface area contributed by atoms with Crippen LogP contribution in [0.1, 0.15) is 30.4 Å². The summed E-state index contributed by atoms with van der Waals surface area (Å²) in [5, 5.41) is 0.892. The number of alkyl halides is 4. The Morgan fingerprint density at radius 2 is 1.89 bits per heavy atom. The van der Waals surface area contributed by atoms with Gasteiger partial charge in [-0.05, 0) is 54.6 Å². The van der Waals surface area contributed by atoms with Gasteiger partial charge in [0.05, 0.1) is 5.56 Å². The highest BCUT2D eigenvalue weighted by Crippen LogP contribution is 2.61. The maximum absolute atomic E-state index is 12.7. The summed E-state index contributed by atoms with van der Waals surface area (Å²) >= 11 is 3.57. The first kappa shape index (κ1) is 13.5. The standard InChI is InChI=1S/C15H16BrF3/c16-9-14(7-11-5-12(11)8-14)6-10-2-1-3-13(4-10)15(17,18)19/h1-4,11-12H,5-9H2. The maximum Gasteiger partial charge on any atom is 0.416 e. The molecule has 3 rings (SSSR count). The van der Waals surface area contributed by atoms with Crippen LogP contribution >= 0.6 is 15.9 Å². The van der Waals surface area contributed by atoms with Gasteiger partial charge in [0.1, 0.15) is 0 Å². The van der Waals surface area contributed by atoms with Gasteiger partial charge < -0.3 is 0 Å². The van der Waals surface area contributed by atoms with Crippen LogP contribution in [0.2, 0.25) is 0 Å². The third-order valence-corrected chi connectivity index (χ3v) is 5.77. The number of halogens is 4. The van der Waals surface area contributed by atoms with Crippen LogP contribution in [-0.2, 0) is 12.6 Å². The molecule has 2 aliphatic carbocycles. The quantitative estimate of drug-likeness (QED) is 0.679. The molecule has 0 N–H and O–H groups in total. The molecular formula is C15H16BrF3. The molecular weight excluding hydrogens is 317 g/mol.